The van der Waals surface area contributed by atoms with Crippen LogP contribution >= 0.6 is 11.3 Å². The average Bonchev–Trinajstić information content (AvgIpc) is 3.30. The molecule has 0 saturated carbocycles. The highest BCUT2D eigenvalue weighted by molar-refractivity contribution is 7.17. The summed E-state index contributed by atoms with van der Waals surface area (Å²) in [6.07, 6.45) is 2.81. The average molecular weight is 405 g/mol. The van der Waals surface area contributed by atoms with Crippen molar-refractivity contribution in [1.29, 1.82) is 0 Å². The van der Waals surface area contributed by atoms with Crippen molar-refractivity contribution in [2.24, 2.45) is 5.92 Å². The third kappa shape index (κ3) is 5.05. The molecule has 150 valence electrons. The second kappa shape index (κ2) is 9.11. The topological polar surface area (TPSA) is 111 Å². The Morgan fingerprint density at radius 1 is 1.39 bits per heavy atom. The lowest BCUT2D eigenvalue weighted by atomic mass is 9.89. The van der Waals surface area contributed by atoms with Crippen molar-refractivity contribution in [2.45, 2.75) is 39.2 Å². The number of nitrogens with one attached hydrogen (secondary N) is 2. The maximum atomic E-state index is 12.4. The summed E-state index contributed by atoms with van der Waals surface area (Å²) in [6.45, 7) is 5.01. The van der Waals surface area contributed by atoms with Crippen LogP contribution in [0, 0.1) is 5.92 Å². The van der Waals surface area contributed by atoms with Gasteiger partial charge in [-0.25, -0.2) is 4.98 Å². The standard InChI is InChI=1S/C19H23N3O5S/c1-11(2)26-8-4-6-20-17(24)12-9-13-16(14(23)10-12)28-19(21-13)22-18(25)15-5-3-7-27-15/h3,5,7,11-12H,4,6,8-10H2,1-2H3,(H,20,24)(H,21,22,25)/t12-/m0/s1. The Morgan fingerprint density at radius 2 is 2.21 bits per heavy atom. The minimum Gasteiger partial charge on any atom is -0.459 e. The maximum absolute atomic E-state index is 12.4. The SMILES string of the molecule is CC(C)OCCCNC(=O)[C@@H]1CC(=O)c2sc(NC(=O)c3ccco3)nc2C1. The summed E-state index contributed by atoms with van der Waals surface area (Å²) in [4.78, 5) is 41.7. The van der Waals surface area contributed by atoms with Crippen molar-refractivity contribution in [1.82, 2.24) is 10.3 Å². The van der Waals surface area contributed by atoms with E-state index < -0.39 is 11.8 Å². The zero-order valence-corrected chi connectivity index (χ0v) is 16.6. The molecule has 0 aromatic carbocycles. The number of carbonyl (C=O) groups is 3. The molecular formula is C19H23N3O5S. The number of hydrogen-bond donors (Lipinski definition) is 2. The number of aromatic nitrogens is 1. The molecule has 0 spiro atoms. The normalized spacial score (nSPS) is 16.1. The third-order valence-corrected chi connectivity index (χ3v) is 5.28. The Balaban J connectivity index is 1.55. The van der Waals surface area contributed by atoms with Gasteiger partial charge in [-0.2, -0.15) is 0 Å². The largest absolute Gasteiger partial charge is 0.459 e. The lowest BCUT2D eigenvalue weighted by Crippen LogP contribution is -2.36. The first kappa shape index (κ1) is 20.2. The Bertz CT molecular complexity index is 844. The van der Waals surface area contributed by atoms with E-state index in [-0.39, 0.29) is 30.0 Å². The minimum atomic E-state index is -0.443. The molecule has 0 bridgehead atoms. The summed E-state index contributed by atoms with van der Waals surface area (Å²) >= 11 is 1.13. The highest BCUT2D eigenvalue weighted by Gasteiger charge is 2.33. The van der Waals surface area contributed by atoms with Crippen LogP contribution in [0.5, 0.6) is 0 Å². The Labute approximate surface area is 166 Å². The van der Waals surface area contributed by atoms with Crippen LogP contribution in [0.4, 0.5) is 5.13 Å². The van der Waals surface area contributed by atoms with Crippen LogP contribution in [0.25, 0.3) is 0 Å². The highest BCUT2D eigenvalue weighted by atomic mass is 32.1. The Kier molecular flexibility index (Phi) is 6.58. The van der Waals surface area contributed by atoms with E-state index in [1.807, 2.05) is 13.8 Å². The van der Waals surface area contributed by atoms with Gasteiger partial charge in [0.2, 0.25) is 5.91 Å². The quantitative estimate of drug-likeness (QED) is 0.653. The number of fused-ring (bicyclic) bond motifs is 1. The van der Waals surface area contributed by atoms with Gasteiger partial charge >= 0.3 is 0 Å². The number of ketones is 1. The van der Waals surface area contributed by atoms with Crippen molar-refractivity contribution < 1.29 is 23.5 Å². The van der Waals surface area contributed by atoms with Gasteiger partial charge in [0, 0.05) is 26.0 Å². The van der Waals surface area contributed by atoms with Crippen molar-refractivity contribution in [3.8, 4) is 0 Å². The van der Waals surface area contributed by atoms with Crippen LogP contribution in [0.1, 0.15) is 52.6 Å². The van der Waals surface area contributed by atoms with Gasteiger partial charge in [0.15, 0.2) is 16.7 Å². The molecule has 9 heteroatoms. The zero-order valence-electron chi connectivity index (χ0n) is 15.8. The van der Waals surface area contributed by atoms with Gasteiger partial charge < -0.3 is 14.5 Å². The van der Waals surface area contributed by atoms with E-state index in [9.17, 15) is 14.4 Å². The van der Waals surface area contributed by atoms with Crippen LogP contribution in [-0.2, 0) is 16.0 Å². The molecular weight excluding hydrogens is 382 g/mol. The van der Waals surface area contributed by atoms with Crippen LogP contribution in [0.3, 0.4) is 0 Å². The molecule has 2 aromatic heterocycles. The number of carbonyl (C=O) groups excluding carboxylic acids is 3. The number of anilines is 1. The molecule has 0 aliphatic heterocycles. The Morgan fingerprint density at radius 3 is 2.93 bits per heavy atom. The number of nitrogens with zero attached hydrogens (tertiary/aromatic N) is 1. The molecule has 3 rings (SSSR count). The van der Waals surface area contributed by atoms with Crippen LogP contribution in [0.15, 0.2) is 22.8 Å². The second-order valence-corrected chi connectivity index (χ2v) is 7.82. The van der Waals surface area contributed by atoms with Crippen molar-refractivity contribution in [2.75, 3.05) is 18.5 Å². The fraction of sp³-hybridized carbons (Fsp3) is 0.474. The van der Waals surface area contributed by atoms with Gasteiger partial charge in [-0.15, -0.1) is 0 Å². The second-order valence-electron chi connectivity index (χ2n) is 6.82. The zero-order chi connectivity index (χ0) is 20.1. The summed E-state index contributed by atoms with van der Waals surface area (Å²) in [5, 5.41) is 5.81. The van der Waals surface area contributed by atoms with E-state index in [4.69, 9.17) is 9.15 Å². The monoisotopic (exact) mass is 405 g/mol. The first-order valence-electron chi connectivity index (χ1n) is 9.21. The fourth-order valence-electron chi connectivity index (χ4n) is 2.88. The first-order chi connectivity index (χ1) is 13.4. The van der Waals surface area contributed by atoms with E-state index >= 15 is 0 Å². The number of amides is 2. The van der Waals surface area contributed by atoms with E-state index in [0.717, 1.165) is 17.8 Å². The smallest absolute Gasteiger partial charge is 0.293 e. The molecule has 8 nitrogen and oxygen atoms in total. The van der Waals surface area contributed by atoms with Gasteiger partial charge in [0.25, 0.3) is 5.91 Å². The van der Waals surface area contributed by atoms with E-state index in [0.29, 0.717) is 35.3 Å². The Hall–Kier alpha value is -2.52. The molecule has 2 amide bonds. The fourth-order valence-corrected chi connectivity index (χ4v) is 3.82. The number of furan rings is 1. The molecule has 2 heterocycles. The number of thiazole rings is 1. The summed E-state index contributed by atoms with van der Waals surface area (Å²) in [6, 6.07) is 3.16. The van der Waals surface area contributed by atoms with Crippen molar-refractivity contribution in [3.63, 3.8) is 0 Å². The highest BCUT2D eigenvalue weighted by Crippen LogP contribution is 2.32. The molecule has 0 fully saturated rings. The van der Waals surface area contributed by atoms with Crippen molar-refractivity contribution >= 4 is 34.1 Å². The molecule has 0 saturated heterocycles. The lowest BCUT2D eigenvalue weighted by Gasteiger charge is -2.19. The molecule has 0 radical (unpaired) electrons. The van der Waals surface area contributed by atoms with Crippen LogP contribution in [0.2, 0.25) is 0 Å². The minimum absolute atomic E-state index is 0.125. The summed E-state index contributed by atoms with van der Waals surface area (Å²) in [5.41, 5.74) is 0.555. The predicted molar refractivity (Wildman–Crippen MR) is 104 cm³/mol. The number of Topliss-reactive ketones (excluding diaryl/α,β-unsaturated/α-hetero) is 1. The van der Waals surface area contributed by atoms with Gasteiger partial charge in [-0.1, -0.05) is 11.3 Å². The lowest BCUT2D eigenvalue weighted by molar-refractivity contribution is -0.125. The molecule has 1 aliphatic rings. The molecule has 2 aromatic rings. The molecule has 1 atom stereocenters. The van der Waals surface area contributed by atoms with Gasteiger partial charge in [0.1, 0.15) is 0 Å². The van der Waals surface area contributed by atoms with Crippen molar-refractivity contribution in [3.05, 3.63) is 34.7 Å². The molecule has 28 heavy (non-hydrogen) atoms. The summed E-state index contributed by atoms with van der Waals surface area (Å²) in [7, 11) is 0. The maximum Gasteiger partial charge on any atom is 0.293 e. The van der Waals surface area contributed by atoms with Gasteiger partial charge in [-0.05, 0) is 32.4 Å². The third-order valence-electron chi connectivity index (χ3n) is 4.23. The number of hydrogen-bond acceptors (Lipinski definition) is 7. The van der Waals surface area contributed by atoms with Gasteiger partial charge in [0.05, 0.1) is 28.9 Å². The number of rotatable bonds is 8. The van der Waals surface area contributed by atoms with E-state index in [1.165, 1.54) is 6.26 Å². The predicted octanol–water partition coefficient (Wildman–Crippen LogP) is 2.66. The number of ether oxygens (including phenoxy) is 1. The molecule has 2 N–H and O–H groups in total. The van der Waals surface area contributed by atoms with Gasteiger partial charge in [-0.3, -0.25) is 19.7 Å². The van der Waals surface area contributed by atoms with Crippen LogP contribution < -0.4 is 10.6 Å². The van der Waals surface area contributed by atoms with E-state index in [1.54, 1.807) is 12.1 Å². The molecule has 1 aliphatic carbocycles. The first-order valence-corrected chi connectivity index (χ1v) is 10.0. The summed E-state index contributed by atoms with van der Waals surface area (Å²) in [5.74, 6) is -0.986. The summed E-state index contributed by atoms with van der Waals surface area (Å²) < 4.78 is 10.5. The van der Waals surface area contributed by atoms with Crippen LogP contribution in [-0.4, -0.2) is 41.8 Å². The molecule has 0 unspecified atom stereocenters. The van der Waals surface area contributed by atoms with E-state index in [2.05, 4.69) is 15.6 Å².